The van der Waals surface area contributed by atoms with Gasteiger partial charge in [-0.25, -0.2) is 9.59 Å². The van der Waals surface area contributed by atoms with Gasteiger partial charge in [-0.15, -0.1) is 0 Å². The first kappa shape index (κ1) is 61.9. The van der Waals surface area contributed by atoms with Crippen LogP contribution in [-0.4, -0.2) is 141 Å². The molecule has 0 amide bonds. The lowest BCUT2D eigenvalue weighted by Gasteiger charge is -2.08. The summed E-state index contributed by atoms with van der Waals surface area (Å²) in [4.78, 5) is 20.9. The predicted octanol–water partition coefficient (Wildman–Crippen LogP) is 10.8. The van der Waals surface area contributed by atoms with Crippen molar-refractivity contribution in [3.8, 4) is 11.5 Å². The molecule has 0 aliphatic carbocycles. The number of carbonyl (C=O) groups is 2. The van der Waals surface area contributed by atoms with Gasteiger partial charge in [0.25, 0.3) is 0 Å². The molecule has 0 bridgehead atoms. The molecule has 0 saturated carbocycles. The van der Waals surface area contributed by atoms with Crippen LogP contribution in [0.5, 0.6) is 11.5 Å². The molecule has 0 aliphatic rings. The average molecular weight is 959 g/mol. The highest BCUT2D eigenvalue weighted by molar-refractivity contribution is 6.01. The van der Waals surface area contributed by atoms with Crippen LogP contribution in [0.2, 0.25) is 0 Å². The van der Waals surface area contributed by atoms with Gasteiger partial charge in [-0.1, -0.05) is 139 Å². The van der Waals surface area contributed by atoms with Crippen LogP contribution in [0.15, 0.2) is 84.9 Å². The molecule has 68 heavy (non-hydrogen) atoms. The average Bonchev–Trinajstić information content (AvgIpc) is 3.36. The minimum absolute atomic E-state index is 0.190. The van der Waals surface area contributed by atoms with E-state index in [2.05, 4.69) is 13.8 Å². The molecule has 2 N–H and O–H groups in total. The van der Waals surface area contributed by atoms with Gasteiger partial charge in [0.05, 0.1) is 104 Å². The molecule has 0 aromatic heterocycles. The van der Waals surface area contributed by atoms with E-state index < -0.39 is 11.9 Å². The number of unbranched alkanes of at least 4 members (excludes halogenated alkanes) is 12. The number of carboxylic acid groups (broad SMARTS) is 2. The van der Waals surface area contributed by atoms with E-state index in [1.165, 1.54) is 101 Å². The van der Waals surface area contributed by atoms with Gasteiger partial charge < -0.3 is 57.6 Å². The summed E-state index contributed by atoms with van der Waals surface area (Å²) in [5, 5.41) is 17.1. The van der Waals surface area contributed by atoms with Gasteiger partial charge in [0.2, 0.25) is 0 Å². The van der Waals surface area contributed by atoms with Crippen LogP contribution < -0.4 is 9.47 Å². The maximum absolute atomic E-state index is 10.5. The van der Waals surface area contributed by atoms with Crippen molar-refractivity contribution in [2.75, 3.05) is 119 Å². The summed E-state index contributed by atoms with van der Waals surface area (Å²) in [5.41, 5.74) is -0.380. The second kappa shape index (κ2) is 49.3. The van der Waals surface area contributed by atoms with Crippen molar-refractivity contribution in [2.24, 2.45) is 0 Å². The molecule has 3 rings (SSSR count). The molecule has 386 valence electrons. The zero-order chi connectivity index (χ0) is 49.1. The van der Waals surface area contributed by atoms with Crippen molar-refractivity contribution < 1.29 is 67.2 Å². The highest BCUT2D eigenvalue weighted by Crippen LogP contribution is 2.11. The largest absolute Gasteiger partial charge is 0.491 e. The quantitative estimate of drug-likeness (QED) is 0.0514. The first-order valence-corrected chi connectivity index (χ1v) is 25.0. The van der Waals surface area contributed by atoms with Crippen molar-refractivity contribution in [2.45, 2.75) is 104 Å². The zero-order valence-electron chi connectivity index (χ0n) is 41.5. The summed E-state index contributed by atoms with van der Waals surface area (Å²) in [6.07, 6.45) is 18.4. The van der Waals surface area contributed by atoms with Crippen molar-refractivity contribution in [1.29, 1.82) is 0 Å². The number of aromatic carboxylic acids is 2. The zero-order valence-corrected chi connectivity index (χ0v) is 41.5. The van der Waals surface area contributed by atoms with E-state index in [-0.39, 0.29) is 11.1 Å². The smallest absolute Gasteiger partial charge is 0.336 e. The first-order valence-electron chi connectivity index (χ1n) is 25.0. The third-order valence-electron chi connectivity index (χ3n) is 9.88. The van der Waals surface area contributed by atoms with Crippen molar-refractivity contribution in [3.05, 3.63) is 96.1 Å². The Kier molecular flexibility index (Phi) is 44.9. The number of hydrogen-bond donors (Lipinski definition) is 2. The summed E-state index contributed by atoms with van der Waals surface area (Å²) in [5.74, 6) is -0.724. The minimum Gasteiger partial charge on any atom is -0.491 e. The molecule has 0 unspecified atom stereocenters. The Morgan fingerprint density at radius 3 is 0.824 bits per heavy atom. The molecule has 14 heteroatoms. The highest BCUT2D eigenvalue weighted by Gasteiger charge is 2.13. The molecule has 3 aromatic carbocycles. The normalized spacial score (nSPS) is 10.7. The number of carboxylic acids is 2. The number of hydrogen-bond acceptors (Lipinski definition) is 12. The topological polar surface area (TPSA) is 167 Å². The molecule has 0 aliphatic heterocycles. The lowest BCUT2D eigenvalue weighted by atomic mass is 10.1. The van der Waals surface area contributed by atoms with Gasteiger partial charge in [-0.2, -0.15) is 0 Å². The number of rotatable bonds is 44. The van der Waals surface area contributed by atoms with Crippen molar-refractivity contribution in [3.63, 3.8) is 0 Å². The Labute approximate surface area is 408 Å². The van der Waals surface area contributed by atoms with Crippen LogP contribution >= 0.6 is 0 Å². The Morgan fingerprint density at radius 2 is 0.544 bits per heavy atom. The van der Waals surface area contributed by atoms with E-state index in [4.69, 9.17) is 57.6 Å². The maximum atomic E-state index is 10.5. The first-order chi connectivity index (χ1) is 33.5. The Balaban J connectivity index is 0.000000549. The molecule has 0 fully saturated rings. The monoisotopic (exact) mass is 959 g/mol. The fraction of sp³-hybridized carbons (Fsp3) is 0.630. The van der Waals surface area contributed by atoms with E-state index in [0.717, 1.165) is 37.6 Å². The van der Waals surface area contributed by atoms with E-state index in [1.807, 2.05) is 60.7 Å². The van der Waals surface area contributed by atoms with E-state index >= 15 is 0 Å². The third-order valence-corrected chi connectivity index (χ3v) is 9.88. The number of ether oxygens (including phenoxy) is 10. The summed E-state index contributed by atoms with van der Waals surface area (Å²) < 4.78 is 55.1. The SMILES string of the molecule is CCCCCCCCCOCCOCCOCCOCCOc1ccccc1.CCCCCCCCCOCCOCCOCCOCCOc1ccccc1.O=C(O)c1ccccc1C(=O)O. The molecule has 0 saturated heterocycles. The fourth-order valence-corrected chi connectivity index (χ4v) is 6.17. The standard InChI is InChI=1S/2C23H40O5.C8H6O4/c2*1-2-3-4-5-6-7-11-14-24-15-16-25-17-18-26-19-20-27-21-22-28-23-12-9-8-10-13-23;9-7(10)5-3-1-2-4-6(5)8(11)12/h2*8-10,12-13H,2-7,11,14-22H2,1H3;1-4H,(H,9,10)(H,11,12). The third kappa shape index (κ3) is 40.9. The molecule has 0 heterocycles. The van der Waals surface area contributed by atoms with E-state index in [1.54, 1.807) is 0 Å². The van der Waals surface area contributed by atoms with Crippen LogP contribution in [0.1, 0.15) is 124 Å². The van der Waals surface area contributed by atoms with Gasteiger partial charge in [-0.3, -0.25) is 0 Å². The number of para-hydroxylation sites is 2. The molecule has 0 radical (unpaired) electrons. The number of benzene rings is 3. The minimum atomic E-state index is -1.23. The predicted molar refractivity (Wildman–Crippen MR) is 267 cm³/mol. The van der Waals surface area contributed by atoms with Gasteiger partial charge in [0.15, 0.2) is 0 Å². The van der Waals surface area contributed by atoms with Crippen molar-refractivity contribution in [1.82, 2.24) is 0 Å². The Bertz CT molecular complexity index is 1400. The van der Waals surface area contributed by atoms with Crippen LogP contribution in [0.3, 0.4) is 0 Å². The molecule has 3 aromatic rings. The van der Waals surface area contributed by atoms with Gasteiger partial charge in [0, 0.05) is 13.2 Å². The lowest BCUT2D eigenvalue weighted by molar-refractivity contribution is -0.00487. The second-order valence-electron chi connectivity index (χ2n) is 15.6. The highest BCUT2D eigenvalue weighted by atomic mass is 16.6. The molecule has 0 atom stereocenters. The summed E-state index contributed by atoms with van der Waals surface area (Å²) in [7, 11) is 0. The van der Waals surface area contributed by atoms with Gasteiger partial charge in [0.1, 0.15) is 24.7 Å². The van der Waals surface area contributed by atoms with Crippen molar-refractivity contribution >= 4 is 11.9 Å². The fourth-order valence-electron chi connectivity index (χ4n) is 6.17. The summed E-state index contributed by atoms with van der Waals surface area (Å²) in [6, 6.07) is 25.0. The van der Waals surface area contributed by atoms with Crippen LogP contribution in [-0.2, 0) is 37.9 Å². The van der Waals surface area contributed by atoms with Gasteiger partial charge >= 0.3 is 11.9 Å². The molecule has 0 spiro atoms. The molecule has 14 nitrogen and oxygen atoms in total. The Hall–Kier alpha value is -4.12. The lowest BCUT2D eigenvalue weighted by Crippen LogP contribution is -2.13. The second-order valence-corrected chi connectivity index (χ2v) is 15.6. The summed E-state index contributed by atoms with van der Waals surface area (Å²) in [6.45, 7) is 15.7. The van der Waals surface area contributed by atoms with E-state index in [0.29, 0.717) is 106 Å². The molecular formula is C54H86O14. The van der Waals surface area contributed by atoms with Crippen LogP contribution in [0, 0.1) is 0 Å². The van der Waals surface area contributed by atoms with Gasteiger partial charge in [-0.05, 0) is 49.2 Å². The molecular weight excluding hydrogens is 873 g/mol. The Morgan fingerprint density at radius 1 is 0.309 bits per heavy atom. The van der Waals surface area contributed by atoms with E-state index in [9.17, 15) is 9.59 Å². The maximum Gasteiger partial charge on any atom is 0.336 e. The summed E-state index contributed by atoms with van der Waals surface area (Å²) >= 11 is 0. The van der Waals surface area contributed by atoms with Crippen LogP contribution in [0.25, 0.3) is 0 Å². The van der Waals surface area contributed by atoms with Crippen LogP contribution in [0.4, 0.5) is 0 Å².